The number of amides is 2. The fourth-order valence-electron chi connectivity index (χ4n) is 4.46. The van der Waals surface area contributed by atoms with Crippen LogP contribution in [-0.4, -0.2) is 77.7 Å². The Morgan fingerprint density at radius 2 is 1.71 bits per heavy atom. The highest BCUT2D eigenvalue weighted by molar-refractivity contribution is 6.30. The minimum atomic E-state index is -0.159. The smallest absolute Gasteiger partial charge is 0.254 e. The molecule has 0 spiro atoms. The highest BCUT2D eigenvalue weighted by Gasteiger charge is 2.27. The van der Waals surface area contributed by atoms with Crippen molar-refractivity contribution in [2.75, 3.05) is 44.7 Å². The van der Waals surface area contributed by atoms with Crippen LogP contribution in [0.25, 0.3) is 11.3 Å². The van der Waals surface area contributed by atoms with Crippen LogP contribution >= 0.6 is 11.6 Å². The van der Waals surface area contributed by atoms with E-state index in [-0.39, 0.29) is 24.4 Å². The van der Waals surface area contributed by atoms with Gasteiger partial charge >= 0.3 is 0 Å². The molecule has 2 amide bonds. The van der Waals surface area contributed by atoms with Gasteiger partial charge < -0.3 is 19.4 Å². The standard InChI is InChI=1S/C29H34ClN5O3/c1-4-21(2)35(29(37)23-6-10-24(30)11-7-23)20-28(36)34-17-5-16-33(18-19-34)27-15-14-26(31-32-27)22-8-12-25(38-3)13-9-22/h6-15,21H,4-5,16-20H2,1-3H3/t21-/m1/s1. The summed E-state index contributed by atoms with van der Waals surface area (Å²) in [5, 5.41) is 9.45. The van der Waals surface area contributed by atoms with Gasteiger partial charge in [0.2, 0.25) is 5.91 Å². The lowest BCUT2D eigenvalue weighted by Crippen LogP contribution is -2.47. The molecule has 2 aromatic carbocycles. The molecule has 1 aliphatic heterocycles. The lowest BCUT2D eigenvalue weighted by atomic mass is 10.1. The number of methoxy groups -OCH3 is 1. The van der Waals surface area contributed by atoms with Crippen molar-refractivity contribution in [1.29, 1.82) is 0 Å². The molecular weight excluding hydrogens is 502 g/mol. The van der Waals surface area contributed by atoms with E-state index in [0.717, 1.165) is 42.2 Å². The number of anilines is 1. The highest BCUT2D eigenvalue weighted by Crippen LogP contribution is 2.22. The zero-order valence-corrected chi connectivity index (χ0v) is 22.9. The summed E-state index contributed by atoms with van der Waals surface area (Å²) in [6.07, 6.45) is 1.56. The van der Waals surface area contributed by atoms with E-state index in [2.05, 4.69) is 15.1 Å². The molecule has 8 nitrogen and oxygen atoms in total. The third-order valence-corrected chi connectivity index (χ3v) is 7.24. The largest absolute Gasteiger partial charge is 0.497 e. The Hall–Kier alpha value is -3.65. The number of carbonyl (C=O) groups excluding carboxylic acids is 2. The molecule has 0 unspecified atom stereocenters. The summed E-state index contributed by atoms with van der Waals surface area (Å²) in [5.41, 5.74) is 2.29. The Morgan fingerprint density at radius 1 is 0.974 bits per heavy atom. The number of ether oxygens (including phenoxy) is 1. The van der Waals surface area contributed by atoms with Crippen LogP contribution in [0.1, 0.15) is 37.0 Å². The number of hydrogen-bond donors (Lipinski definition) is 0. The fourth-order valence-corrected chi connectivity index (χ4v) is 4.58. The van der Waals surface area contributed by atoms with Gasteiger partial charge in [-0.05, 0) is 80.4 Å². The Kier molecular flexibility index (Phi) is 9.18. The Bertz CT molecular complexity index is 1220. The minimum absolute atomic E-state index is 0.0459. The highest BCUT2D eigenvalue weighted by atomic mass is 35.5. The van der Waals surface area contributed by atoms with Gasteiger partial charge in [0.05, 0.1) is 12.8 Å². The van der Waals surface area contributed by atoms with Gasteiger partial charge in [-0.15, -0.1) is 10.2 Å². The van der Waals surface area contributed by atoms with E-state index in [1.165, 1.54) is 0 Å². The summed E-state index contributed by atoms with van der Waals surface area (Å²) >= 11 is 5.99. The first kappa shape index (κ1) is 27.4. The maximum Gasteiger partial charge on any atom is 0.254 e. The van der Waals surface area contributed by atoms with Crippen molar-refractivity contribution in [2.24, 2.45) is 0 Å². The van der Waals surface area contributed by atoms with Crippen LogP contribution in [0, 0.1) is 0 Å². The summed E-state index contributed by atoms with van der Waals surface area (Å²) in [6, 6.07) is 18.4. The molecule has 0 saturated carbocycles. The molecule has 4 rings (SSSR count). The number of benzene rings is 2. The van der Waals surface area contributed by atoms with Crippen LogP contribution in [0.15, 0.2) is 60.7 Å². The Balaban J connectivity index is 1.38. The van der Waals surface area contributed by atoms with E-state index in [0.29, 0.717) is 30.2 Å². The zero-order valence-electron chi connectivity index (χ0n) is 22.1. The summed E-state index contributed by atoms with van der Waals surface area (Å²) in [6.45, 7) is 6.66. The summed E-state index contributed by atoms with van der Waals surface area (Å²) in [7, 11) is 1.64. The third kappa shape index (κ3) is 6.61. The van der Waals surface area contributed by atoms with E-state index in [4.69, 9.17) is 16.3 Å². The van der Waals surface area contributed by atoms with Gasteiger partial charge in [-0.3, -0.25) is 9.59 Å². The lowest BCUT2D eigenvalue weighted by molar-refractivity contribution is -0.132. The fraction of sp³-hybridized carbons (Fsp3) is 0.379. The van der Waals surface area contributed by atoms with Crippen molar-refractivity contribution in [1.82, 2.24) is 20.0 Å². The topological polar surface area (TPSA) is 78.9 Å². The van der Waals surface area contributed by atoms with E-state index in [9.17, 15) is 9.59 Å². The monoisotopic (exact) mass is 535 g/mol. The summed E-state index contributed by atoms with van der Waals surface area (Å²) < 4.78 is 5.22. The van der Waals surface area contributed by atoms with Crippen LogP contribution in [0.3, 0.4) is 0 Å². The van der Waals surface area contributed by atoms with Gasteiger partial charge in [-0.2, -0.15) is 0 Å². The van der Waals surface area contributed by atoms with Gasteiger partial charge in [0.25, 0.3) is 5.91 Å². The van der Waals surface area contributed by atoms with E-state index in [1.54, 1.807) is 36.3 Å². The molecule has 9 heteroatoms. The molecule has 3 aromatic rings. The van der Waals surface area contributed by atoms with Crippen molar-refractivity contribution in [3.63, 3.8) is 0 Å². The van der Waals surface area contributed by atoms with Gasteiger partial charge in [0.15, 0.2) is 5.82 Å². The molecule has 1 aromatic heterocycles. The van der Waals surface area contributed by atoms with E-state index in [1.807, 2.05) is 55.1 Å². The van der Waals surface area contributed by atoms with Crippen molar-refractivity contribution in [2.45, 2.75) is 32.7 Å². The summed E-state index contributed by atoms with van der Waals surface area (Å²) in [4.78, 5) is 32.2. The van der Waals surface area contributed by atoms with Crippen LogP contribution in [-0.2, 0) is 4.79 Å². The van der Waals surface area contributed by atoms with Crippen molar-refractivity contribution >= 4 is 29.2 Å². The van der Waals surface area contributed by atoms with Crippen LogP contribution < -0.4 is 9.64 Å². The van der Waals surface area contributed by atoms with Crippen molar-refractivity contribution in [3.8, 4) is 17.0 Å². The number of halogens is 1. The number of carbonyl (C=O) groups is 2. The van der Waals surface area contributed by atoms with Gasteiger partial charge in [-0.25, -0.2) is 0 Å². The Morgan fingerprint density at radius 3 is 2.34 bits per heavy atom. The molecule has 1 saturated heterocycles. The molecular formula is C29H34ClN5O3. The second-order valence-corrected chi connectivity index (χ2v) is 9.86. The predicted octanol–water partition coefficient (Wildman–Crippen LogP) is 4.79. The first-order valence-corrected chi connectivity index (χ1v) is 13.3. The van der Waals surface area contributed by atoms with Crippen LogP contribution in [0.2, 0.25) is 5.02 Å². The maximum absolute atomic E-state index is 13.3. The molecule has 0 radical (unpaired) electrons. The average Bonchev–Trinajstić information content (AvgIpc) is 3.22. The maximum atomic E-state index is 13.3. The molecule has 1 aliphatic rings. The van der Waals surface area contributed by atoms with Crippen LogP contribution in [0.5, 0.6) is 5.75 Å². The molecule has 38 heavy (non-hydrogen) atoms. The second kappa shape index (κ2) is 12.7. The quantitative estimate of drug-likeness (QED) is 0.413. The summed E-state index contributed by atoms with van der Waals surface area (Å²) in [5.74, 6) is 1.38. The SMILES string of the molecule is CC[C@@H](C)N(CC(=O)N1CCCN(c2ccc(-c3ccc(OC)cc3)nn2)CC1)C(=O)c1ccc(Cl)cc1. The van der Waals surface area contributed by atoms with Gasteiger partial charge in [0, 0.05) is 48.4 Å². The zero-order chi connectivity index (χ0) is 27.1. The molecule has 0 N–H and O–H groups in total. The Labute approximate surface area is 229 Å². The number of rotatable bonds is 8. The molecule has 200 valence electrons. The van der Waals surface area contributed by atoms with Gasteiger partial charge in [-0.1, -0.05) is 18.5 Å². The normalized spacial score (nSPS) is 14.5. The molecule has 0 aliphatic carbocycles. The lowest BCUT2D eigenvalue weighted by Gasteiger charge is -2.31. The third-order valence-electron chi connectivity index (χ3n) is 6.99. The predicted molar refractivity (Wildman–Crippen MR) is 150 cm³/mol. The van der Waals surface area contributed by atoms with Gasteiger partial charge in [0.1, 0.15) is 12.3 Å². The van der Waals surface area contributed by atoms with E-state index >= 15 is 0 Å². The molecule has 1 fully saturated rings. The van der Waals surface area contributed by atoms with Crippen molar-refractivity contribution in [3.05, 3.63) is 71.2 Å². The van der Waals surface area contributed by atoms with E-state index < -0.39 is 0 Å². The molecule has 0 bridgehead atoms. The number of nitrogens with zero attached hydrogens (tertiary/aromatic N) is 5. The first-order valence-electron chi connectivity index (χ1n) is 13.0. The number of aromatic nitrogens is 2. The van der Waals surface area contributed by atoms with Crippen LogP contribution in [0.4, 0.5) is 5.82 Å². The number of hydrogen-bond acceptors (Lipinski definition) is 6. The molecule has 2 heterocycles. The molecule has 1 atom stereocenters. The first-order chi connectivity index (χ1) is 18.4. The second-order valence-electron chi connectivity index (χ2n) is 9.42. The minimum Gasteiger partial charge on any atom is -0.497 e. The average molecular weight is 536 g/mol. The van der Waals surface area contributed by atoms with Crippen molar-refractivity contribution < 1.29 is 14.3 Å².